The Hall–Kier alpha value is -1.34. The van der Waals surface area contributed by atoms with Crippen LogP contribution in [0.2, 0.25) is 0 Å². The molecular weight excluding hydrogens is 404 g/mol. The summed E-state index contributed by atoms with van der Waals surface area (Å²) in [6.07, 6.45) is 0.852. The second-order valence-corrected chi connectivity index (χ2v) is 8.81. The predicted molar refractivity (Wildman–Crippen MR) is 122 cm³/mol. The van der Waals surface area contributed by atoms with E-state index in [4.69, 9.17) is 18.9 Å². The number of para-hydroxylation sites is 2. The Morgan fingerprint density at radius 3 is 1.55 bits per heavy atom. The number of benzene rings is 2. The summed E-state index contributed by atoms with van der Waals surface area (Å²) in [5.74, 6) is 5.73. The molecular formula is C23H30O4S2. The number of thioether (sulfide) groups is 2. The fourth-order valence-electron chi connectivity index (χ4n) is 2.87. The van der Waals surface area contributed by atoms with E-state index in [1.54, 1.807) is 0 Å². The van der Waals surface area contributed by atoms with Crippen LogP contribution in [0.4, 0.5) is 0 Å². The second-order valence-electron chi connectivity index (χ2n) is 6.60. The smallest absolute Gasteiger partial charge is 0.123 e. The monoisotopic (exact) mass is 434 g/mol. The van der Waals surface area contributed by atoms with E-state index in [0.29, 0.717) is 26.4 Å². The van der Waals surface area contributed by atoms with Crippen molar-refractivity contribution < 1.29 is 18.9 Å². The minimum absolute atomic E-state index is 0.652. The zero-order chi connectivity index (χ0) is 20.0. The Balaban J connectivity index is 1.55. The molecule has 1 aliphatic rings. The van der Waals surface area contributed by atoms with E-state index < -0.39 is 0 Å². The average Bonchev–Trinajstić information content (AvgIpc) is 2.75. The van der Waals surface area contributed by atoms with Crippen molar-refractivity contribution in [2.24, 2.45) is 0 Å². The molecule has 0 saturated carbocycles. The van der Waals surface area contributed by atoms with Gasteiger partial charge in [-0.25, -0.2) is 0 Å². The maximum absolute atomic E-state index is 6.03. The maximum Gasteiger partial charge on any atom is 0.123 e. The third-order valence-electron chi connectivity index (χ3n) is 4.38. The molecule has 4 nitrogen and oxygen atoms in total. The molecule has 0 atom stereocenters. The van der Waals surface area contributed by atoms with Crippen LogP contribution in [0, 0.1) is 0 Å². The van der Waals surface area contributed by atoms with Crippen LogP contribution >= 0.6 is 23.5 Å². The zero-order valence-corrected chi connectivity index (χ0v) is 18.5. The third-order valence-corrected chi connectivity index (χ3v) is 6.32. The van der Waals surface area contributed by atoms with E-state index in [1.165, 1.54) is 11.1 Å². The van der Waals surface area contributed by atoms with Gasteiger partial charge in [-0.1, -0.05) is 36.4 Å². The van der Waals surface area contributed by atoms with E-state index in [2.05, 4.69) is 24.3 Å². The lowest BCUT2D eigenvalue weighted by molar-refractivity contribution is 0.0605. The molecule has 0 fully saturated rings. The Kier molecular flexibility index (Phi) is 10.6. The number of hydrogen-bond donors (Lipinski definition) is 0. The number of rotatable bonds is 0. The van der Waals surface area contributed by atoms with Gasteiger partial charge in [0.1, 0.15) is 11.5 Å². The molecule has 0 spiro atoms. The normalized spacial score (nSPS) is 18.2. The molecule has 6 heteroatoms. The van der Waals surface area contributed by atoms with Gasteiger partial charge in [-0.05, 0) is 12.1 Å². The maximum atomic E-state index is 6.03. The SMILES string of the molecule is c1ccc2c(c1)CSCCOCCOCCSCc1ccccc1OCCCO2. The van der Waals surface area contributed by atoms with Gasteiger partial charge in [0.25, 0.3) is 0 Å². The first-order valence-electron chi connectivity index (χ1n) is 10.2. The lowest BCUT2D eigenvalue weighted by Crippen LogP contribution is -2.08. The summed E-state index contributed by atoms with van der Waals surface area (Å²) in [4.78, 5) is 0. The van der Waals surface area contributed by atoms with Crippen molar-refractivity contribution in [1.29, 1.82) is 0 Å². The molecule has 0 aromatic heterocycles. The second kappa shape index (κ2) is 13.8. The highest BCUT2D eigenvalue weighted by Crippen LogP contribution is 2.25. The van der Waals surface area contributed by atoms with Crippen LogP contribution in [0.15, 0.2) is 48.5 Å². The summed E-state index contributed by atoms with van der Waals surface area (Å²) in [5, 5.41) is 0. The van der Waals surface area contributed by atoms with Crippen LogP contribution in [0.1, 0.15) is 17.5 Å². The van der Waals surface area contributed by atoms with Crippen molar-refractivity contribution >= 4 is 23.5 Å². The lowest BCUT2D eigenvalue weighted by Gasteiger charge is -2.13. The van der Waals surface area contributed by atoms with Crippen molar-refractivity contribution in [2.45, 2.75) is 17.9 Å². The minimum atomic E-state index is 0.652. The summed E-state index contributed by atoms with van der Waals surface area (Å²) in [6, 6.07) is 16.6. The molecule has 3 rings (SSSR count). The summed E-state index contributed by atoms with van der Waals surface area (Å²) in [7, 11) is 0. The standard InChI is InChI=1S/C23H30O4S2/c1-3-8-22-20(6-1)18-28-16-14-24-12-13-25-15-17-29-19-21-7-2-4-9-23(21)27-11-5-10-26-22/h1-4,6-9H,5,10-19H2. The summed E-state index contributed by atoms with van der Waals surface area (Å²) >= 11 is 3.73. The predicted octanol–water partition coefficient (Wildman–Crippen LogP) is 5.05. The van der Waals surface area contributed by atoms with Gasteiger partial charge in [0.2, 0.25) is 0 Å². The van der Waals surface area contributed by atoms with Crippen LogP contribution in [0.3, 0.4) is 0 Å². The van der Waals surface area contributed by atoms with Crippen molar-refractivity contribution in [2.75, 3.05) is 51.1 Å². The highest BCUT2D eigenvalue weighted by molar-refractivity contribution is 7.98. The molecule has 1 heterocycles. The summed E-state index contributed by atoms with van der Waals surface area (Å²) in [5.41, 5.74) is 2.46. The summed E-state index contributed by atoms with van der Waals surface area (Å²) in [6.45, 7) is 4.11. The van der Waals surface area contributed by atoms with Gasteiger partial charge in [-0.15, -0.1) is 0 Å². The molecule has 29 heavy (non-hydrogen) atoms. The van der Waals surface area contributed by atoms with Crippen LogP contribution in [0.25, 0.3) is 0 Å². The van der Waals surface area contributed by atoms with Crippen LogP contribution in [-0.4, -0.2) is 51.1 Å². The fraction of sp³-hybridized carbons (Fsp3) is 0.478. The van der Waals surface area contributed by atoms with Gasteiger partial charge < -0.3 is 18.9 Å². The van der Waals surface area contributed by atoms with E-state index in [-0.39, 0.29) is 0 Å². The Morgan fingerprint density at radius 1 is 0.552 bits per heavy atom. The van der Waals surface area contributed by atoms with Crippen molar-refractivity contribution in [3.8, 4) is 11.5 Å². The molecule has 2 aromatic rings. The Bertz CT molecular complexity index is 651. The lowest BCUT2D eigenvalue weighted by atomic mass is 10.2. The molecule has 0 saturated heterocycles. The molecule has 1 aliphatic heterocycles. The highest BCUT2D eigenvalue weighted by atomic mass is 32.2. The van der Waals surface area contributed by atoms with Crippen molar-refractivity contribution in [1.82, 2.24) is 0 Å². The third kappa shape index (κ3) is 8.51. The van der Waals surface area contributed by atoms with Gasteiger partial charge in [0.15, 0.2) is 0 Å². The quantitative estimate of drug-likeness (QED) is 0.578. The van der Waals surface area contributed by atoms with Crippen LogP contribution in [-0.2, 0) is 21.0 Å². The average molecular weight is 435 g/mol. The molecule has 2 aromatic carbocycles. The van der Waals surface area contributed by atoms with Gasteiger partial charge in [-0.3, -0.25) is 0 Å². The number of fused-ring (bicyclic) bond motifs is 2. The van der Waals surface area contributed by atoms with Gasteiger partial charge in [-0.2, -0.15) is 23.5 Å². The van der Waals surface area contributed by atoms with Gasteiger partial charge >= 0.3 is 0 Å². The molecule has 158 valence electrons. The highest BCUT2D eigenvalue weighted by Gasteiger charge is 2.06. The van der Waals surface area contributed by atoms with E-state index >= 15 is 0 Å². The molecule has 0 amide bonds. The topological polar surface area (TPSA) is 36.9 Å². The van der Waals surface area contributed by atoms with E-state index in [0.717, 1.165) is 54.1 Å². The van der Waals surface area contributed by atoms with Gasteiger partial charge in [0.05, 0.1) is 39.6 Å². The molecule has 0 aliphatic carbocycles. The Morgan fingerprint density at radius 2 is 1.03 bits per heavy atom. The van der Waals surface area contributed by atoms with E-state index in [9.17, 15) is 0 Å². The first kappa shape index (κ1) is 22.3. The van der Waals surface area contributed by atoms with Crippen LogP contribution < -0.4 is 9.47 Å². The minimum Gasteiger partial charge on any atom is -0.493 e. The van der Waals surface area contributed by atoms with Crippen molar-refractivity contribution in [3.05, 3.63) is 59.7 Å². The van der Waals surface area contributed by atoms with Crippen molar-refractivity contribution in [3.63, 3.8) is 0 Å². The summed E-state index contributed by atoms with van der Waals surface area (Å²) < 4.78 is 23.4. The zero-order valence-electron chi connectivity index (χ0n) is 16.8. The van der Waals surface area contributed by atoms with Crippen LogP contribution in [0.5, 0.6) is 11.5 Å². The van der Waals surface area contributed by atoms with Gasteiger partial charge in [0, 0.05) is 40.6 Å². The molecule has 0 unspecified atom stereocenters. The Labute approximate surface area is 182 Å². The first-order chi connectivity index (χ1) is 14.4. The largest absolute Gasteiger partial charge is 0.493 e. The molecule has 0 bridgehead atoms. The fourth-order valence-corrected chi connectivity index (χ4v) is 4.55. The number of hydrogen-bond acceptors (Lipinski definition) is 6. The van der Waals surface area contributed by atoms with E-state index in [1.807, 2.05) is 47.8 Å². The number of ether oxygens (including phenoxy) is 4. The first-order valence-corrected chi connectivity index (χ1v) is 12.5. The molecule has 0 N–H and O–H groups in total. The molecule has 0 radical (unpaired) electrons.